The van der Waals surface area contributed by atoms with Gasteiger partial charge >= 0.3 is 0 Å². The maximum Gasteiger partial charge on any atom is 0.120 e. The van der Waals surface area contributed by atoms with Crippen LogP contribution in [0, 0.1) is 0 Å². The summed E-state index contributed by atoms with van der Waals surface area (Å²) in [6.07, 6.45) is 4.07. The van der Waals surface area contributed by atoms with Crippen molar-refractivity contribution >= 4 is 10.9 Å². The highest BCUT2D eigenvalue weighted by molar-refractivity contribution is 5.85. The lowest BCUT2D eigenvalue weighted by Gasteiger charge is -2.36. The van der Waals surface area contributed by atoms with E-state index in [4.69, 9.17) is 15.2 Å². The molecular weight excluding hydrogens is 252 g/mol. The molecule has 2 aromatic rings. The number of nitrogens with one attached hydrogen (secondary N) is 1. The van der Waals surface area contributed by atoms with Crippen molar-refractivity contribution in [3.05, 3.63) is 30.0 Å². The molecule has 20 heavy (non-hydrogen) atoms. The van der Waals surface area contributed by atoms with Crippen molar-refractivity contribution in [2.45, 2.75) is 25.2 Å². The molecule has 1 aliphatic rings. The second kappa shape index (κ2) is 5.46. The predicted octanol–water partition coefficient (Wildman–Crippen LogP) is 2.57. The Balaban J connectivity index is 2.07. The maximum atomic E-state index is 6.12. The highest BCUT2D eigenvalue weighted by Gasteiger charge is 2.35. The fourth-order valence-electron chi connectivity index (χ4n) is 3.14. The minimum absolute atomic E-state index is 0.0291. The Morgan fingerprint density at radius 1 is 1.35 bits per heavy atom. The summed E-state index contributed by atoms with van der Waals surface area (Å²) < 4.78 is 11.1. The first-order valence-corrected chi connectivity index (χ1v) is 7.31. The summed E-state index contributed by atoms with van der Waals surface area (Å²) in [6, 6.07) is 6.20. The van der Waals surface area contributed by atoms with Crippen LogP contribution in [0.25, 0.3) is 10.9 Å². The highest BCUT2D eigenvalue weighted by atomic mass is 16.5. The molecule has 1 saturated heterocycles. The Morgan fingerprint density at radius 3 is 2.85 bits per heavy atom. The van der Waals surface area contributed by atoms with Crippen LogP contribution in [0.3, 0.4) is 0 Å². The molecule has 1 aromatic carbocycles. The average Bonchev–Trinajstić information content (AvgIpc) is 2.92. The second-order valence-electron chi connectivity index (χ2n) is 5.44. The Labute approximate surface area is 119 Å². The van der Waals surface area contributed by atoms with Crippen LogP contribution in [0.1, 0.15) is 25.3 Å². The van der Waals surface area contributed by atoms with Gasteiger partial charge in [0.2, 0.25) is 0 Å². The summed E-state index contributed by atoms with van der Waals surface area (Å²) in [6.45, 7) is 4.91. The maximum absolute atomic E-state index is 6.12. The van der Waals surface area contributed by atoms with Gasteiger partial charge < -0.3 is 20.2 Å². The molecule has 1 aliphatic heterocycles. The molecule has 4 heteroatoms. The van der Waals surface area contributed by atoms with Crippen LogP contribution in [-0.2, 0) is 10.2 Å². The third-order valence-corrected chi connectivity index (χ3v) is 4.38. The zero-order valence-corrected chi connectivity index (χ0v) is 11.9. The van der Waals surface area contributed by atoms with Crippen molar-refractivity contribution in [3.8, 4) is 5.75 Å². The minimum Gasteiger partial charge on any atom is -0.494 e. The minimum atomic E-state index is 0.0291. The van der Waals surface area contributed by atoms with Crippen LogP contribution in [-0.4, -0.2) is 31.3 Å². The predicted molar refractivity (Wildman–Crippen MR) is 80.3 cm³/mol. The zero-order chi connectivity index (χ0) is 14.0. The van der Waals surface area contributed by atoms with E-state index in [0.717, 1.165) is 37.3 Å². The molecule has 3 rings (SSSR count). The molecule has 0 spiro atoms. The number of rotatable bonds is 4. The lowest BCUT2D eigenvalue weighted by molar-refractivity contribution is 0.0534. The number of H-pyrrole nitrogens is 1. The number of fused-ring (bicyclic) bond motifs is 1. The Morgan fingerprint density at radius 2 is 2.15 bits per heavy atom. The Bertz CT molecular complexity index is 585. The van der Waals surface area contributed by atoms with E-state index in [-0.39, 0.29) is 5.41 Å². The molecule has 1 aromatic heterocycles. The lowest BCUT2D eigenvalue weighted by Crippen LogP contribution is -2.40. The number of benzene rings is 1. The number of hydrogen-bond donors (Lipinski definition) is 2. The van der Waals surface area contributed by atoms with Crippen LogP contribution < -0.4 is 10.5 Å². The van der Waals surface area contributed by atoms with Gasteiger partial charge in [0, 0.05) is 42.3 Å². The van der Waals surface area contributed by atoms with Crippen molar-refractivity contribution < 1.29 is 9.47 Å². The van der Waals surface area contributed by atoms with Crippen LogP contribution in [0.15, 0.2) is 24.4 Å². The summed E-state index contributed by atoms with van der Waals surface area (Å²) in [4.78, 5) is 3.36. The normalized spacial score (nSPS) is 18.3. The van der Waals surface area contributed by atoms with E-state index in [2.05, 4.69) is 23.3 Å². The monoisotopic (exact) mass is 274 g/mol. The second-order valence-corrected chi connectivity index (χ2v) is 5.44. The standard InChI is InChI=1S/C16H22N2O2/c1-2-20-12-3-4-15-13(9-12)14(10-18-15)16(11-17)5-7-19-8-6-16/h3-4,9-10,18H,2,5-8,11,17H2,1H3. The molecule has 0 aliphatic carbocycles. The fraction of sp³-hybridized carbons (Fsp3) is 0.500. The highest BCUT2D eigenvalue weighted by Crippen LogP contribution is 2.38. The quantitative estimate of drug-likeness (QED) is 0.901. The van der Waals surface area contributed by atoms with E-state index >= 15 is 0 Å². The molecule has 4 nitrogen and oxygen atoms in total. The molecule has 0 bridgehead atoms. The van der Waals surface area contributed by atoms with Gasteiger partial charge in [-0.3, -0.25) is 0 Å². The largest absolute Gasteiger partial charge is 0.494 e. The molecule has 0 amide bonds. The molecule has 0 unspecified atom stereocenters. The van der Waals surface area contributed by atoms with E-state index in [1.54, 1.807) is 0 Å². The molecule has 3 N–H and O–H groups in total. The molecule has 2 heterocycles. The summed E-state index contributed by atoms with van der Waals surface area (Å²) in [5.74, 6) is 0.917. The molecular formula is C16H22N2O2. The van der Waals surface area contributed by atoms with Gasteiger partial charge in [0.25, 0.3) is 0 Å². The topological polar surface area (TPSA) is 60.3 Å². The van der Waals surface area contributed by atoms with Gasteiger partial charge in [-0.1, -0.05) is 0 Å². The lowest BCUT2D eigenvalue weighted by atomic mass is 9.74. The van der Waals surface area contributed by atoms with Gasteiger partial charge in [-0.05, 0) is 43.5 Å². The first kappa shape index (κ1) is 13.5. The van der Waals surface area contributed by atoms with Crippen molar-refractivity contribution in [2.24, 2.45) is 5.73 Å². The van der Waals surface area contributed by atoms with Gasteiger partial charge in [-0.25, -0.2) is 0 Å². The number of aromatic nitrogens is 1. The van der Waals surface area contributed by atoms with Crippen molar-refractivity contribution in [3.63, 3.8) is 0 Å². The number of ether oxygens (including phenoxy) is 2. The number of aromatic amines is 1. The van der Waals surface area contributed by atoms with Crippen molar-refractivity contribution in [2.75, 3.05) is 26.4 Å². The average molecular weight is 274 g/mol. The summed E-state index contributed by atoms with van der Waals surface area (Å²) in [5, 5.41) is 1.23. The van der Waals surface area contributed by atoms with E-state index in [1.807, 2.05) is 13.0 Å². The number of hydrogen-bond acceptors (Lipinski definition) is 3. The van der Waals surface area contributed by atoms with E-state index in [1.165, 1.54) is 10.9 Å². The van der Waals surface area contributed by atoms with E-state index in [0.29, 0.717) is 13.2 Å². The summed E-state index contributed by atoms with van der Waals surface area (Å²) in [5.41, 5.74) is 8.59. The zero-order valence-electron chi connectivity index (χ0n) is 11.9. The van der Waals surface area contributed by atoms with Gasteiger partial charge in [-0.15, -0.1) is 0 Å². The third-order valence-electron chi connectivity index (χ3n) is 4.38. The van der Waals surface area contributed by atoms with Gasteiger partial charge in [0.05, 0.1) is 6.61 Å². The van der Waals surface area contributed by atoms with E-state index < -0.39 is 0 Å². The van der Waals surface area contributed by atoms with Crippen LogP contribution in [0.4, 0.5) is 0 Å². The molecule has 1 fully saturated rings. The summed E-state index contributed by atoms with van der Waals surface area (Å²) >= 11 is 0. The van der Waals surface area contributed by atoms with Crippen LogP contribution in [0.2, 0.25) is 0 Å². The van der Waals surface area contributed by atoms with Gasteiger partial charge in [-0.2, -0.15) is 0 Å². The van der Waals surface area contributed by atoms with Crippen LogP contribution in [0.5, 0.6) is 5.75 Å². The first-order valence-electron chi connectivity index (χ1n) is 7.31. The molecule has 0 radical (unpaired) electrons. The van der Waals surface area contributed by atoms with Gasteiger partial charge in [0.1, 0.15) is 5.75 Å². The van der Waals surface area contributed by atoms with Gasteiger partial charge in [0.15, 0.2) is 0 Å². The third kappa shape index (κ3) is 2.19. The Kier molecular flexibility index (Phi) is 3.68. The van der Waals surface area contributed by atoms with Crippen molar-refractivity contribution in [1.82, 2.24) is 4.98 Å². The molecule has 0 saturated carbocycles. The van der Waals surface area contributed by atoms with E-state index in [9.17, 15) is 0 Å². The number of nitrogens with two attached hydrogens (primary N) is 1. The first-order chi connectivity index (χ1) is 9.79. The molecule has 0 atom stereocenters. The SMILES string of the molecule is CCOc1ccc2[nH]cc(C3(CN)CCOCC3)c2c1. The smallest absolute Gasteiger partial charge is 0.120 e. The Hall–Kier alpha value is -1.52. The van der Waals surface area contributed by atoms with Crippen molar-refractivity contribution in [1.29, 1.82) is 0 Å². The molecule has 108 valence electrons. The summed E-state index contributed by atoms with van der Waals surface area (Å²) in [7, 11) is 0. The fourth-order valence-corrected chi connectivity index (χ4v) is 3.14. The van der Waals surface area contributed by atoms with Crippen LogP contribution >= 0.6 is 0 Å².